The highest BCUT2D eigenvalue weighted by atomic mass is 16.5. The zero-order valence-corrected chi connectivity index (χ0v) is 13.1. The van der Waals surface area contributed by atoms with Crippen molar-refractivity contribution in [1.29, 1.82) is 5.26 Å². The summed E-state index contributed by atoms with van der Waals surface area (Å²) in [4.78, 5) is 2.02. The summed E-state index contributed by atoms with van der Waals surface area (Å²) < 4.78 is 11.0. The summed E-state index contributed by atoms with van der Waals surface area (Å²) >= 11 is 0. The standard InChI is InChI=1S/C17H24N2O3/c1-19(10-15-5-2-4-14(8-15)9-18)11-16(20)12-21-13-17-6-3-7-22-17/h2,4-5,8,16-17,20H,3,6-7,10-13H2,1H3. The zero-order chi connectivity index (χ0) is 15.8. The maximum absolute atomic E-state index is 10.0. The molecule has 0 spiro atoms. The Hall–Kier alpha value is -1.45. The molecule has 120 valence electrons. The van der Waals surface area contributed by atoms with E-state index in [9.17, 15) is 5.11 Å². The number of aliphatic hydroxyl groups is 1. The number of nitriles is 1. The summed E-state index contributed by atoms with van der Waals surface area (Å²) in [6.07, 6.45) is 1.82. The lowest BCUT2D eigenvalue weighted by atomic mass is 10.1. The van der Waals surface area contributed by atoms with Gasteiger partial charge in [0.2, 0.25) is 0 Å². The molecule has 1 aliphatic heterocycles. The van der Waals surface area contributed by atoms with Crippen LogP contribution in [0, 0.1) is 11.3 Å². The SMILES string of the molecule is CN(Cc1cccc(C#N)c1)CC(O)COCC1CCCO1. The van der Waals surface area contributed by atoms with Crippen molar-refractivity contribution in [3.05, 3.63) is 35.4 Å². The fourth-order valence-electron chi connectivity index (χ4n) is 2.64. The van der Waals surface area contributed by atoms with Crippen molar-refractivity contribution >= 4 is 0 Å². The van der Waals surface area contributed by atoms with Gasteiger partial charge in [0.15, 0.2) is 0 Å². The first-order valence-corrected chi connectivity index (χ1v) is 7.72. The van der Waals surface area contributed by atoms with E-state index in [1.807, 2.05) is 30.1 Å². The second-order valence-corrected chi connectivity index (χ2v) is 5.84. The van der Waals surface area contributed by atoms with Crippen LogP contribution in [-0.4, -0.2) is 55.6 Å². The molecule has 22 heavy (non-hydrogen) atoms. The average Bonchev–Trinajstić information content (AvgIpc) is 3.00. The van der Waals surface area contributed by atoms with Gasteiger partial charge >= 0.3 is 0 Å². The van der Waals surface area contributed by atoms with E-state index in [2.05, 4.69) is 6.07 Å². The van der Waals surface area contributed by atoms with Crippen LogP contribution in [0.1, 0.15) is 24.0 Å². The maximum Gasteiger partial charge on any atom is 0.0991 e. The van der Waals surface area contributed by atoms with Crippen LogP contribution >= 0.6 is 0 Å². The van der Waals surface area contributed by atoms with Gasteiger partial charge in [-0.3, -0.25) is 4.90 Å². The molecule has 1 heterocycles. The van der Waals surface area contributed by atoms with Crippen molar-refractivity contribution in [1.82, 2.24) is 4.90 Å². The fraction of sp³-hybridized carbons (Fsp3) is 0.588. The Morgan fingerprint density at radius 1 is 1.55 bits per heavy atom. The minimum atomic E-state index is -0.523. The summed E-state index contributed by atoms with van der Waals surface area (Å²) in [7, 11) is 1.95. The summed E-state index contributed by atoms with van der Waals surface area (Å²) in [5, 5.41) is 18.9. The van der Waals surface area contributed by atoms with Crippen molar-refractivity contribution in [2.75, 3.05) is 33.4 Å². The van der Waals surface area contributed by atoms with E-state index in [-0.39, 0.29) is 6.10 Å². The summed E-state index contributed by atoms with van der Waals surface area (Å²) in [6.45, 7) is 2.93. The van der Waals surface area contributed by atoms with Crippen molar-refractivity contribution in [3.63, 3.8) is 0 Å². The lowest BCUT2D eigenvalue weighted by Crippen LogP contribution is -2.32. The molecule has 0 radical (unpaired) electrons. The maximum atomic E-state index is 10.0. The molecule has 0 aromatic heterocycles. The summed E-state index contributed by atoms with van der Waals surface area (Å²) in [5.41, 5.74) is 1.72. The Balaban J connectivity index is 1.66. The van der Waals surface area contributed by atoms with Gasteiger partial charge in [0.1, 0.15) is 0 Å². The van der Waals surface area contributed by atoms with Crippen LogP contribution in [-0.2, 0) is 16.0 Å². The van der Waals surface area contributed by atoms with Gasteiger partial charge in [-0.25, -0.2) is 0 Å². The molecule has 2 unspecified atom stereocenters. The minimum absolute atomic E-state index is 0.193. The third kappa shape index (κ3) is 5.74. The molecule has 2 atom stereocenters. The number of hydrogen-bond acceptors (Lipinski definition) is 5. The van der Waals surface area contributed by atoms with Crippen LogP contribution in [0.5, 0.6) is 0 Å². The molecule has 1 aromatic carbocycles. The number of likely N-dealkylation sites (N-methyl/N-ethyl adjacent to an activating group) is 1. The zero-order valence-electron chi connectivity index (χ0n) is 13.1. The molecular formula is C17H24N2O3. The molecule has 5 heteroatoms. The van der Waals surface area contributed by atoms with Crippen LogP contribution in [0.15, 0.2) is 24.3 Å². The van der Waals surface area contributed by atoms with E-state index in [1.54, 1.807) is 6.07 Å². The van der Waals surface area contributed by atoms with Gasteiger partial charge in [0.05, 0.1) is 37.1 Å². The van der Waals surface area contributed by atoms with E-state index >= 15 is 0 Å². The second kappa shape index (κ2) is 8.86. The highest BCUT2D eigenvalue weighted by Crippen LogP contribution is 2.12. The monoisotopic (exact) mass is 304 g/mol. The Bertz CT molecular complexity index is 495. The van der Waals surface area contributed by atoms with Crippen molar-refractivity contribution in [2.45, 2.75) is 31.6 Å². The van der Waals surface area contributed by atoms with E-state index in [0.717, 1.165) is 25.0 Å². The molecule has 1 fully saturated rings. The molecule has 2 rings (SSSR count). The van der Waals surface area contributed by atoms with E-state index in [1.165, 1.54) is 0 Å². The van der Waals surface area contributed by atoms with Gasteiger partial charge in [-0.2, -0.15) is 5.26 Å². The highest BCUT2D eigenvalue weighted by molar-refractivity contribution is 5.32. The number of ether oxygens (including phenoxy) is 2. The van der Waals surface area contributed by atoms with E-state index < -0.39 is 6.10 Å². The van der Waals surface area contributed by atoms with Gasteiger partial charge in [-0.1, -0.05) is 12.1 Å². The van der Waals surface area contributed by atoms with Crippen LogP contribution < -0.4 is 0 Å². The van der Waals surface area contributed by atoms with E-state index in [0.29, 0.717) is 31.9 Å². The lowest BCUT2D eigenvalue weighted by Gasteiger charge is -2.21. The number of hydrogen-bond donors (Lipinski definition) is 1. The van der Waals surface area contributed by atoms with Gasteiger partial charge < -0.3 is 14.6 Å². The van der Waals surface area contributed by atoms with Crippen LogP contribution in [0.25, 0.3) is 0 Å². The predicted octanol–water partition coefficient (Wildman–Crippen LogP) is 1.55. The summed E-state index contributed by atoms with van der Waals surface area (Å²) in [5.74, 6) is 0. The van der Waals surface area contributed by atoms with Gasteiger partial charge in [0, 0.05) is 19.7 Å². The molecule has 1 aliphatic rings. The first-order valence-electron chi connectivity index (χ1n) is 7.72. The first-order chi connectivity index (χ1) is 10.7. The van der Waals surface area contributed by atoms with Crippen LogP contribution in [0.3, 0.4) is 0 Å². The third-order valence-corrected chi connectivity index (χ3v) is 3.67. The number of benzene rings is 1. The molecular weight excluding hydrogens is 280 g/mol. The van der Waals surface area contributed by atoms with Gasteiger partial charge in [-0.15, -0.1) is 0 Å². The van der Waals surface area contributed by atoms with Gasteiger partial charge in [0.25, 0.3) is 0 Å². The largest absolute Gasteiger partial charge is 0.389 e. The number of aliphatic hydroxyl groups excluding tert-OH is 1. The highest BCUT2D eigenvalue weighted by Gasteiger charge is 2.16. The minimum Gasteiger partial charge on any atom is -0.389 e. The second-order valence-electron chi connectivity index (χ2n) is 5.84. The molecule has 0 aliphatic carbocycles. The molecule has 1 aromatic rings. The number of nitrogens with zero attached hydrogens (tertiary/aromatic N) is 2. The van der Waals surface area contributed by atoms with Crippen LogP contribution in [0.2, 0.25) is 0 Å². The smallest absolute Gasteiger partial charge is 0.0991 e. The Kier molecular flexibility index (Phi) is 6.81. The number of rotatable bonds is 8. The molecule has 0 bridgehead atoms. The fourth-order valence-corrected chi connectivity index (χ4v) is 2.64. The van der Waals surface area contributed by atoms with Crippen molar-refractivity contribution < 1.29 is 14.6 Å². The van der Waals surface area contributed by atoms with Crippen molar-refractivity contribution in [2.24, 2.45) is 0 Å². The van der Waals surface area contributed by atoms with Gasteiger partial charge in [-0.05, 0) is 37.6 Å². The Morgan fingerprint density at radius 3 is 3.14 bits per heavy atom. The molecule has 5 nitrogen and oxygen atoms in total. The molecule has 1 N–H and O–H groups in total. The van der Waals surface area contributed by atoms with E-state index in [4.69, 9.17) is 14.7 Å². The predicted molar refractivity (Wildman–Crippen MR) is 83.3 cm³/mol. The topological polar surface area (TPSA) is 65.7 Å². The molecule has 1 saturated heterocycles. The third-order valence-electron chi connectivity index (χ3n) is 3.67. The average molecular weight is 304 g/mol. The summed E-state index contributed by atoms with van der Waals surface area (Å²) in [6, 6.07) is 9.66. The quantitative estimate of drug-likeness (QED) is 0.789. The normalized spacial score (nSPS) is 19.3. The Morgan fingerprint density at radius 2 is 2.41 bits per heavy atom. The first kappa shape index (κ1) is 16.9. The van der Waals surface area contributed by atoms with Crippen molar-refractivity contribution in [3.8, 4) is 6.07 Å². The molecule has 0 amide bonds. The van der Waals surface area contributed by atoms with Crippen LogP contribution in [0.4, 0.5) is 0 Å². The molecule has 0 saturated carbocycles. The Labute approximate surface area is 132 Å². The lowest BCUT2D eigenvalue weighted by molar-refractivity contribution is -0.0238.